The molecule has 7 nitrogen and oxygen atoms in total. The summed E-state index contributed by atoms with van der Waals surface area (Å²) in [6.07, 6.45) is 18.0. The Kier molecular flexibility index (Phi) is 12.9. The van der Waals surface area contributed by atoms with Crippen molar-refractivity contribution in [3.05, 3.63) is 12.2 Å². The normalized spacial score (nSPS) is 29.5. The maximum Gasteiger partial charge on any atom is 0.306 e. The van der Waals surface area contributed by atoms with Crippen molar-refractivity contribution in [1.29, 1.82) is 0 Å². The number of rotatable bonds is 17. The number of hydrogen-bond acceptors (Lipinski definition) is 7. The quantitative estimate of drug-likeness (QED) is 0.166. The van der Waals surface area contributed by atoms with Crippen molar-refractivity contribution in [2.24, 2.45) is 0 Å². The maximum atomic E-state index is 12.4. The molecule has 0 amide bonds. The number of carbonyl (C=O) groups excluding carboxylic acids is 1. The molecule has 2 aliphatic heterocycles. The second kappa shape index (κ2) is 15.1. The predicted octanol–water partition coefficient (Wildman–Crippen LogP) is 4.17. The molecule has 0 radical (unpaired) electrons. The summed E-state index contributed by atoms with van der Waals surface area (Å²) in [7, 11) is 0. The molecule has 0 aromatic heterocycles. The molecule has 1 spiro atoms. The van der Waals surface area contributed by atoms with E-state index in [1.54, 1.807) is 0 Å². The van der Waals surface area contributed by atoms with Gasteiger partial charge in [-0.25, -0.2) is 0 Å². The van der Waals surface area contributed by atoms with Crippen molar-refractivity contribution in [1.82, 2.24) is 0 Å². The molecule has 2 rings (SSSR count). The van der Waals surface area contributed by atoms with Crippen LogP contribution in [0.5, 0.6) is 0 Å². The molecule has 7 heteroatoms. The third-order valence-electron chi connectivity index (χ3n) is 6.89. The molecule has 0 unspecified atom stereocenters. The summed E-state index contributed by atoms with van der Waals surface area (Å²) in [5.41, 5.74) is -1.48. The molecule has 0 aromatic carbocycles. The molecule has 0 bridgehead atoms. The average molecular weight is 471 g/mol. The molecule has 4 atom stereocenters. The molecule has 0 aliphatic carbocycles. The van der Waals surface area contributed by atoms with Gasteiger partial charge in [0.15, 0.2) is 5.60 Å². The fourth-order valence-electron chi connectivity index (χ4n) is 4.79. The Morgan fingerprint density at radius 3 is 2.12 bits per heavy atom. The lowest BCUT2D eigenvalue weighted by molar-refractivity contribution is -0.301. The molecular weight excluding hydrogens is 424 g/mol. The van der Waals surface area contributed by atoms with Gasteiger partial charge in [-0.15, -0.1) is 0 Å². The van der Waals surface area contributed by atoms with Crippen molar-refractivity contribution < 1.29 is 34.3 Å². The fraction of sp³-hybridized carbons (Fsp3) is 0.885. The summed E-state index contributed by atoms with van der Waals surface area (Å²) in [6, 6.07) is 0. The maximum absolute atomic E-state index is 12.4. The van der Waals surface area contributed by atoms with E-state index >= 15 is 0 Å². The van der Waals surface area contributed by atoms with Crippen molar-refractivity contribution in [3.8, 4) is 0 Å². The first-order chi connectivity index (χ1) is 16.0. The highest BCUT2D eigenvalue weighted by Crippen LogP contribution is 2.46. The second-order valence-corrected chi connectivity index (χ2v) is 9.55. The summed E-state index contributed by atoms with van der Waals surface area (Å²) in [4.78, 5) is 12.4. The van der Waals surface area contributed by atoms with Crippen LogP contribution in [-0.4, -0.2) is 64.7 Å². The van der Waals surface area contributed by atoms with Gasteiger partial charge in [-0.2, -0.15) is 0 Å². The Bertz CT molecular complexity index is 581. The standard InChI is InChI=1S/C26H46O7/c1-2-3-4-5-6-7-8-9-10-11-12-13-14-15-16-17-23(29)33-25(21-27)18-19-31-26(25)24(30)22(28)20-32-26/h9-10,22,24,27-28,30H,2-8,11-21H2,1H3/b10-9+/t22-,24+,25+,26-/m0/s1. The van der Waals surface area contributed by atoms with E-state index in [0.29, 0.717) is 6.42 Å². The summed E-state index contributed by atoms with van der Waals surface area (Å²) >= 11 is 0. The number of aliphatic hydroxyl groups excluding tert-OH is 3. The monoisotopic (exact) mass is 470 g/mol. The lowest BCUT2D eigenvalue weighted by atomic mass is 9.88. The lowest BCUT2D eigenvalue weighted by Crippen LogP contribution is -2.62. The van der Waals surface area contributed by atoms with E-state index in [4.69, 9.17) is 14.2 Å². The van der Waals surface area contributed by atoms with E-state index in [0.717, 1.165) is 25.7 Å². The third-order valence-corrected chi connectivity index (χ3v) is 6.89. The molecule has 2 fully saturated rings. The number of esters is 1. The SMILES string of the molecule is CCCCCCCC/C=C/CCCCCCCC(=O)O[C@@]1(CO)CCO[C@@]12OC[C@H](O)[C@H]2O. The van der Waals surface area contributed by atoms with Gasteiger partial charge in [0.05, 0.1) is 19.8 Å². The van der Waals surface area contributed by atoms with Gasteiger partial charge < -0.3 is 29.5 Å². The second-order valence-electron chi connectivity index (χ2n) is 9.55. The Balaban J connectivity index is 1.53. The van der Waals surface area contributed by atoms with Gasteiger partial charge in [0.25, 0.3) is 0 Å². The van der Waals surface area contributed by atoms with Crippen LogP contribution in [-0.2, 0) is 19.0 Å². The van der Waals surface area contributed by atoms with Crippen LogP contribution in [0.25, 0.3) is 0 Å². The number of aliphatic hydroxyl groups is 3. The lowest BCUT2D eigenvalue weighted by Gasteiger charge is -2.40. The molecular formula is C26H46O7. The summed E-state index contributed by atoms with van der Waals surface area (Å²) in [6.45, 7) is 1.76. The smallest absolute Gasteiger partial charge is 0.306 e. The highest BCUT2D eigenvalue weighted by atomic mass is 16.8. The molecule has 2 heterocycles. The molecule has 192 valence electrons. The number of hydrogen-bond donors (Lipinski definition) is 3. The zero-order chi connectivity index (χ0) is 24.0. The predicted molar refractivity (Wildman–Crippen MR) is 127 cm³/mol. The summed E-state index contributed by atoms with van der Waals surface area (Å²) in [5, 5.41) is 30.2. The van der Waals surface area contributed by atoms with Crippen molar-refractivity contribution in [3.63, 3.8) is 0 Å². The number of carbonyl (C=O) groups is 1. The largest absolute Gasteiger partial charge is 0.451 e. The fourth-order valence-corrected chi connectivity index (χ4v) is 4.79. The van der Waals surface area contributed by atoms with Gasteiger partial charge in [0.1, 0.15) is 12.2 Å². The first-order valence-electron chi connectivity index (χ1n) is 13.1. The average Bonchev–Trinajstić information content (AvgIpc) is 3.32. The van der Waals surface area contributed by atoms with E-state index in [2.05, 4.69) is 19.1 Å². The van der Waals surface area contributed by atoms with Gasteiger partial charge in [0, 0.05) is 12.8 Å². The Labute approximate surface area is 199 Å². The summed E-state index contributed by atoms with van der Waals surface area (Å²) in [5.74, 6) is -2.14. The van der Waals surface area contributed by atoms with Crippen LogP contribution in [0.2, 0.25) is 0 Å². The first kappa shape index (κ1) is 28.2. The molecule has 3 N–H and O–H groups in total. The van der Waals surface area contributed by atoms with E-state index in [9.17, 15) is 20.1 Å². The molecule has 2 saturated heterocycles. The minimum atomic E-state index is -1.70. The van der Waals surface area contributed by atoms with Crippen LogP contribution in [0.15, 0.2) is 12.2 Å². The van der Waals surface area contributed by atoms with E-state index in [-0.39, 0.29) is 26.1 Å². The Morgan fingerprint density at radius 2 is 1.55 bits per heavy atom. The number of unbranched alkanes of at least 4 members (excludes halogenated alkanes) is 11. The van der Waals surface area contributed by atoms with Gasteiger partial charge in [-0.3, -0.25) is 4.79 Å². The molecule has 0 aromatic rings. The van der Waals surface area contributed by atoms with Crippen LogP contribution in [0.3, 0.4) is 0 Å². The Morgan fingerprint density at radius 1 is 0.939 bits per heavy atom. The topological polar surface area (TPSA) is 105 Å². The third kappa shape index (κ3) is 8.03. The highest BCUT2D eigenvalue weighted by molar-refractivity contribution is 5.70. The minimum Gasteiger partial charge on any atom is -0.451 e. The van der Waals surface area contributed by atoms with Crippen molar-refractivity contribution in [2.75, 3.05) is 19.8 Å². The zero-order valence-corrected chi connectivity index (χ0v) is 20.5. The molecule has 33 heavy (non-hydrogen) atoms. The van der Waals surface area contributed by atoms with Crippen LogP contribution in [0.1, 0.15) is 103 Å². The van der Waals surface area contributed by atoms with Gasteiger partial charge in [-0.1, -0.05) is 70.4 Å². The van der Waals surface area contributed by atoms with Crippen LogP contribution in [0.4, 0.5) is 0 Å². The molecule has 2 aliphatic rings. The minimum absolute atomic E-state index is 0.130. The van der Waals surface area contributed by atoms with Crippen LogP contribution < -0.4 is 0 Å². The van der Waals surface area contributed by atoms with Gasteiger partial charge in [0.2, 0.25) is 5.79 Å². The number of ether oxygens (including phenoxy) is 3. The Hall–Kier alpha value is -0.990. The van der Waals surface area contributed by atoms with Crippen LogP contribution in [0, 0.1) is 0 Å². The van der Waals surface area contributed by atoms with Crippen molar-refractivity contribution >= 4 is 5.97 Å². The number of allylic oxidation sites excluding steroid dienone is 2. The zero-order valence-electron chi connectivity index (χ0n) is 20.5. The molecule has 0 saturated carbocycles. The van der Waals surface area contributed by atoms with E-state index in [1.165, 1.54) is 51.4 Å². The van der Waals surface area contributed by atoms with Crippen molar-refractivity contribution in [2.45, 2.75) is 127 Å². The summed E-state index contributed by atoms with van der Waals surface area (Å²) < 4.78 is 16.7. The van der Waals surface area contributed by atoms with E-state index in [1.807, 2.05) is 0 Å². The first-order valence-corrected chi connectivity index (χ1v) is 13.1. The van der Waals surface area contributed by atoms with Gasteiger partial charge >= 0.3 is 5.97 Å². The van der Waals surface area contributed by atoms with Crippen LogP contribution >= 0.6 is 0 Å². The van der Waals surface area contributed by atoms with Gasteiger partial charge in [-0.05, 0) is 32.1 Å². The highest BCUT2D eigenvalue weighted by Gasteiger charge is 2.68. The van der Waals surface area contributed by atoms with E-state index < -0.39 is 36.2 Å².